The van der Waals surface area contributed by atoms with E-state index >= 15 is 0 Å². The maximum absolute atomic E-state index is 5.70. The van der Waals surface area contributed by atoms with Gasteiger partial charge in [0.2, 0.25) is 5.89 Å². The molecule has 21 heavy (non-hydrogen) atoms. The van der Waals surface area contributed by atoms with Crippen LogP contribution < -0.4 is 0 Å². The largest absolute Gasteiger partial charge is 0.381 e. The van der Waals surface area contributed by atoms with Crippen molar-refractivity contribution in [1.29, 1.82) is 0 Å². The van der Waals surface area contributed by atoms with Crippen molar-refractivity contribution in [2.45, 2.75) is 57.4 Å². The molecule has 1 aromatic rings. The van der Waals surface area contributed by atoms with Crippen LogP contribution in [0.4, 0.5) is 0 Å². The van der Waals surface area contributed by atoms with E-state index in [9.17, 15) is 0 Å². The lowest BCUT2D eigenvalue weighted by molar-refractivity contribution is -0.00288. The van der Waals surface area contributed by atoms with Gasteiger partial charge in [-0.15, -0.1) is 0 Å². The highest BCUT2D eigenvalue weighted by molar-refractivity contribution is 4.99. The third kappa shape index (κ3) is 2.86. The molecule has 2 saturated heterocycles. The monoisotopic (exact) mass is 291 g/mol. The first-order valence-corrected chi connectivity index (χ1v) is 8.46. The third-order valence-electron chi connectivity index (χ3n) is 5.48. The van der Waals surface area contributed by atoms with Gasteiger partial charge in [0.1, 0.15) is 0 Å². The minimum atomic E-state index is 0.395. The van der Waals surface area contributed by atoms with Crippen molar-refractivity contribution in [1.82, 2.24) is 15.0 Å². The van der Waals surface area contributed by atoms with E-state index in [2.05, 4.69) is 15.0 Å². The van der Waals surface area contributed by atoms with Gasteiger partial charge >= 0.3 is 0 Å². The molecule has 5 nitrogen and oxygen atoms in total. The second-order valence-corrected chi connectivity index (χ2v) is 7.14. The summed E-state index contributed by atoms with van der Waals surface area (Å²) in [6.07, 6.45) is 8.83. The average Bonchev–Trinajstić information content (AvgIpc) is 3.22. The molecule has 1 spiro atoms. The first kappa shape index (κ1) is 13.7. The van der Waals surface area contributed by atoms with Crippen LogP contribution in [0, 0.1) is 5.41 Å². The Balaban J connectivity index is 1.36. The topological polar surface area (TPSA) is 51.4 Å². The number of aromatic nitrogens is 2. The molecule has 1 aliphatic carbocycles. The molecule has 0 amide bonds. The zero-order valence-corrected chi connectivity index (χ0v) is 12.7. The smallest absolute Gasteiger partial charge is 0.240 e. The number of hydrogen-bond donors (Lipinski definition) is 0. The lowest BCUT2D eigenvalue weighted by atomic mass is 9.82. The van der Waals surface area contributed by atoms with Crippen molar-refractivity contribution < 1.29 is 9.26 Å². The summed E-state index contributed by atoms with van der Waals surface area (Å²) in [7, 11) is 0. The van der Waals surface area contributed by atoms with Crippen molar-refractivity contribution in [2.24, 2.45) is 5.41 Å². The van der Waals surface area contributed by atoms with Gasteiger partial charge in [0, 0.05) is 24.5 Å². The Hall–Kier alpha value is -0.940. The fourth-order valence-corrected chi connectivity index (χ4v) is 4.27. The summed E-state index contributed by atoms with van der Waals surface area (Å²) in [4.78, 5) is 7.10. The molecule has 5 heteroatoms. The molecule has 3 heterocycles. The number of ether oxygens (including phenoxy) is 1. The lowest BCUT2D eigenvalue weighted by Gasteiger charge is -2.33. The van der Waals surface area contributed by atoms with Crippen molar-refractivity contribution >= 4 is 0 Å². The summed E-state index contributed by atoms with van der Waals surface area (Å²) in [6.45, 7) is 4.93. The summed E-state index contributed by atoms with van der Waals surface area (Å²) in [5.74, 6) is 2.28. The number of hydrogen-bond acceptors (Lipinski definition) is 5. The Morgan fingerprint density at radius 3 is 2.90 bits per heavy atom. The molecule has 2 aliphatic heterocycles. The fraction of sp³-hybridized carbons (Fsp3) is 0.875. The highest BCUT2D eigenvalue weighted by Crippen LogP contribution is 2.38. The van der Waals surface area contributed by atoms with Crippen LogP contribution >= 0.6 is 0 Å². The van der Waals surface area contributed by atoms with E-state index in [1.165, 1.54) is 44.9 Å². The van der Waals surface area contributed by atoms with E-state index in [1.54, 1.807) is 0 Å². The summed E-state index contributed by atoms with van der Waals surface area (Å²) >= 11 is 0. The Kier molecular flexibility index (Phi) is 3.71. The van der Waals surface area contributed by atoms with Crippen LogP contribution in [0.2, 0.25) is 0 Å². The minimum Gasteiger partial charge on any atom is -0.381 e. The molecule has 3 fully saturated rings. The fourth-order valence-electron chi connectivity index (χ4n) is 4.27. The zero-order chi connectivity index (χ0) is 14.1. The summed E-state index contributed by atoms with van der Waals surface area (Å²) in [6, 6.07) is 0. The number of rotatable bonds is 3. The quantitative estimate of drug-likeness (QED) is 0.857. The van der Waals surface area contributed by atoms with Crippen LogP contribution in [0.5, 0.6) is 0 Å². The molecule has 0 bridgehead atoms. The van der Waals surface area contributed by atoms with Crippen LogP contribution in [0.15, 0.2) is 4.52 Å². The molecule has 3 aliphatic rings. The molecule has 1 aromatic heterocycles. The van der Waals surface area contributed by atoms with Gasteiger partial charge in [-0.05, 0) is 38.6 Å². The molecule has 0 N–H and O–H groups in total. The molecular weight excluding hydrogens is 266 g/mol. The van der Waals surface area contributed by atoms with Gasteiger partial charge in [-0.25, -0.2) is 0 Å². The molecular formula is C16H25N3O2. The molecule has 1 atom stereocenters. The summed E-state index contributed by atoms with van der Waals surface area (Å²) in [5.41, 5.74) is 0.395. The second kappa shape index (κ2) is 5.69. The maximum atomic E-state index is 5.70. The van der Waals surface area contributed by atoms with Crippen LogP contribution in [0.1, 0.15) is 62.6 Å². The Labute approximate surface area is 126 Å². The summed E-state index contributed by atoms with van der Waals surface area (Å²) < 4.78 is 11.2. The van der Waals surface area contributed by atoms with Crippen molar-refractivity contribution in [3.8, 4) is 0 Å². The summed E-state index contributed by atoms with van der Waals surface area (Å²) in [5, 5.41) is 4.21. The molecule has 0 aromatic carbocycles. The van der Waals surface area contributed by atoms with Gasteiger partial charge in [-0.3, -0.25) is 4.90 Å². The maximum Gasteiger partial charge on any atom is 0.240 e. The van der Waals surface area contributed by atoms with Crippen molar-refractivity contribution in [2.75, 3.05) is 26.3 Å². The molecule has 4 rings (SSSR count). The third-order valence-corrected chi connectivity index (χ3v) is 5.48. The molecule has 1 saturated carbocycles. The number of likely N-dealkylation sites (tertiary alicyclic amines) is 1. The highest BCUT2D eigenvalue weighted by atomic mass is 16.5. The van der Waals surface area contributed by atoms with Crippen LogP contribution in [-0.2, 0) is 11.3 Å². The molecule has 0 radical (unpaired) electrons. The second-order valence-electron chi connectivity index (χ2n) is 7.14. The predicted octanol–water partition coefficient (Wildman–Crippen LogP) is 2.73. The van der Waals surface area contributed by atoms with E-state index < -0.39 is 0 Å². The van der Waals surface area contributed by atoms with Gasteiger partial charge in [0.15, 0.2) is 5.82 Å². The average molecular weight is 291 g/mol. The van der Waals surface area contributed by atoms with Gasteiger partial charge < -0.3 is 9.26 Å². The van der Waals surface area contributed by atoms with Crippen LogP contribution in [0.3, 0.4) is 0 Å². The van der Waals surface area contributed by atoms with Gasteiger partial charge in [0.25, 0.3) is 0 Å². The molecule has 116 valence electrons. The first-order chi connectivity index (χ1) is 10.3. The van der Waals surface area contributed by atoms with Gasteiger partial charge in [0.05, 0.1) is 13.2 Å². The van der Waals surface area contributed by atoms with E-state index in [1.807, 2.05) is 0 Å². The Morgan fingerprint density at radius 1 is 1.19 bits per heavy atom. The van der Waals surface area contributed by atoms with Crippen LogP contribution in [0.25, 0.3) is 0 Å². The van der Waals surface area contributed by atoms with E-state index in [4.69, 9.17) is 9.26 Å². The van der Waals surface area contributed by atoms with Crippen molar-refractivity contribution in [3.05, 3.63) is 11.7 Å². The molecule has 1 unspecified atom stereocenters. The van der Waals surface area contributed by atoms with E-state index in [-0.39, 0.29) is 0 Å². The Morgan fingerprint density at radius 2 is 2.10 bits per heavy atom. The van der Waals surface area contributed by atoms with Gasteiger partial charge in [-0.2, -0.15) is 4.98 Å². The normalized spacial score (nSPS) is 31.4. The number of nitrogens with zero attached hydrogens (tertiary/aromatic N) is 3. The van der Waals surface area contributed by atoms with E-state index in [0.717, 1.165) is 44.6 Å². The minimum absolute atomic E-state index is 0.395. The zero-order valence-electron chi connectivity index (χ0n) is 12.7. The van der Waals surface area contributed by atoms with Crippen LogP contribution in [-0.4, -0.2) is 41.3 Å². The van der Waals surface area contributed by atoms with Crippen molar-refractivity contribution in [3.63, 3.8) is 0 Å². The first-order valence-electron chi connectivity index (χ1n) is 8.46. The SMILES string of the molecule is C1CCC(c2noc(CN3CCC4(CCCOC4)C3)n2)C1. The van der Waals surface area contributed by atoms with E-state index in [0.29, 0.717) is 11.3 Å². The predicted molar refractivity (Wildman–Crippen MR) is 77.9 cm³/mol. The van der Waals surface area contributed by atoms with Gasteiger partial charge in [-0.1, -0.05) is 18.0 Å². The standard InChI is InChI=1S/C16H25N3O2/c1-2-5-13(4-1)15-17-14(21-18-15)10-19-8-7-16(11-19)6-3-9-20-12-16/h13H,1-12H2. The highest BCUT2D eigenvalue weighted by Gasteiger charge is 2.40. The lowest BCUT2D eigenvalue weighted by Crippen LogP contribution is -2.34. The Bertz CT molecular complexity index is 476.